The van der Waals surface area contributed by atoms with Crippen LogP contribution in [0.3, 0.4) is 0 Å². The van der Waals surface area contributed by atoms with Gasteiger partial charge in [0.05, 0.1) is 5.92 Å². The minimum Gasteiger partial charge on any atom is -0.455 e. The van der Waals surface area contributed by atoms with Crippen molar-refractivity contribution in [3.05, 3.63) is 47.4 Å². The molecule has 8 heteroatoms. The largest absolute Gasteiger partial charge is 0.455 e. The summed E-state index contributed by atoms with van der Waals surface area (Å²) in [4.78, 5) is 30.1. The molecule has 0 bridgehead atoms. The van der Waals surface area contributed by atoms with Gasteiger partial charge in [0.15, 0.2) is 12.4 Å². The van der Waals surface area contributed by atoms with Gasteiger partial charge in [0, 0.05) is 18.7 Å². The number of aromatic nitrogens is 2. The zero-order valence-corrected chi connectivity index (χ0v) is 13.8. The van der Waals surface area contributed by atoms with Crippen molar-refractivity contribution in [2.45, 2.75) is 26.4 Å². The Bertz CT molecular complexity index is 752. The highest BCUT2D eigenvalue weighted by molar-refractivity contribution is 5.94. The summed E-state index contributed by atoms with van der Waals surface area (Å²) in [5.74, 6) is -0.387. The van der Waals surface area contributed by atoms with Crippen LogP contribution in [0.2, 0.25) is 0 Å². The summed E-state index contributed by atoms with van der Waals surface area (Å²) in [6.07, 6.45) is 1.04. The van der Waals surface area contributed by atoms with Crippen molar-refractivity contribution in [1.82, 2.24) is 15.0 Å². The number of aryl methyl sites for hydroxylation is 1. The quantitative estimate of drug-likeness (QED) is 0.788. The monoisotopic (exact) mass is 347 g/mol. The van der Waals surface area contributed by atoms with Crippen LogP contribution in [-0.4, -0.2) is 40.0 Å². The van der Waals surface area contributed by atoms with Gasteiger partial charge >= 0.3 is 5.97 Å². The first-order valence-electron chi connectivity index (χ1n) is 8.03. The average Bonchev–Trinajstić information content (AvgIpc) is 3.05. The molecule has 0 unspecified atom stereocenters. The molecule has 2 aromatic rings. The predicted octanol–water partition coefficient (Wildman–Crippen LogP) is 2.11. The number of nitrogens with zero attached hydrogens (tertiary/aromatic N) is 3. The first kappa shape index (κ1) is 17.1. The summed E-state index contributed by atoms with van der Waals surface area (Å²) in [5.41, 5.74) is 0.439. The van der Waals surface area contributed by atoms with Crippen LogP contribution >= 0.6 is 0 Å². The van der Waals surface area contributed by atoms with Crippen LogP contribution in [0.5, 0.6) is 0 Å². The summed E-state index contributed by atoms with van der Waals surface area (Å²) in [5, 5.41) is 3.63. The second kappa shape index (κ2) is 7.42. The molecule has 0 radical (unpaired) electrons. The summed E-state index contributed by atoms with van der Waals surface area (Å²) in [7, 11) is 0. The number of likely N-dealkylation sites (tertiary alicyclic amines) is 1. The molecule has 1 aromatic carbocycles. The lowest BCUT2D eigenvalue weighted by atomic mass is 9.96. The molecule has 0 atom stereocenters. The molecule has 1 aromatic heterocycles. The van der Waals surface area contributed by atoms with Gasteiger partial charge in [-0.05, 0) is 44.0 Å². The van der Waals surface area contributed by atoms with Crippen LogP contribution in [0.15, 0.2) is 28.8 Å². The lowest BCUT2D eigenvalue weighted by Gasteiger charge is -2.30. The highest BCUT2D eigenvalue weighted by Gasteiger charge is 2.29. The maximum atomic E-state index is 12.9. The number of hydrogen-bond acceptors (Lipinski definition) is 6. The molecule has 7 nitrogen and oxygen atoms in total. The van der Waals surface area contributed by atoms with Gasteiger partial charge in [-0.2, -0.15) is 4.98 Å². The molecule has 1 aliphatic rings. The number of esters is 1. The lowest BCUT2D eigenvalue weighted by molar-refractivity contribution is -0.152. The van der Waals surface area contributed by atoms with E-state index in [9.17, 15) is 14.0 Å². The number of rotatable bonds is 4. The Morgan fingerprint density at radius 1 is 1.28 bits per heavy atom. The Morgan fingerprint density at radius 2 is 1.96 bits per heavy atom. The van der Waals surface area contributed by atoms with Crippen molar-refractivity contribution in [2.75, 3.05) is 13.1 Å². The van der Waals surface area contributed by atoms with E-state index in [2.05, 4.69) is 10.1 Å². The molecular formula is C17H18FN3O4. The van der Waals surface area contributed by atoms with E-state index < -0.39 is 0 Å². The molecule has 1 saturated heterocycles. The fourth-order valence-electron chi connectivity index (χ4n) is 2.74. The molecule has 1 amide bonds. The minimum atomic E-state index is -0.380. The number of hydrogen-bond donors (Lipinski definition) is 0. The standard InChI is InChI=1S/C17H18FN3O4/c1-11-19-15(25-20-11)10-24-17(23)13-6-8-21(9-7-13)16(22)12-2-4-14(18)5-3-12/h2-5,13H,6-10H2,1H3. The molecule has 0 spiro atoms. The van der Waals surface area contributed by atoms with Gasteiger partial charge in [-0.25, -0.2) is 4.39 Å². The number of ether oxygens (including phenoxy) is 1. The minimum absolute atomic E-state index is 0.0472. The summed E-state index contributed by atoms with van der Waals surface area (Å²) >= 11 is 0. The molecule has 25 heavy (non-hydrogen) atoms. The van der Waals surface area contributed by atoms with E-state index in [0.29, 0.717) is 37.3 Å². The Kier molecular flexibility index (Phi) is 5.06. The number of halogens is 1. The Balaban J connectivity index is 1.48. The maximum absolute atomic E-state index is 12.9. The molecule has 1 aliphatic heterocycles. The van der Waals surface area contributed by atoms with Crippen LogP contribution in [0.4, 0.5) is 4.39 Å². The van der Waals surface area contributed by atoms with Crippen molar-refractivity contribution >= 4 is 11.9 Å². The van der Waals surface area contributed by atoms with Gasteiger partial charge < -0.3 is 14.2 Å². The molecule has 132 valence electrons. The third kappa shape index (κ3) is 4.20. The number of piperidine rings is 1. The van der Waals surface area contributed by atoms with Crippen LogP contribution in [0.25, 0.3) is 0 Å². The molecule has 0 N–H and O–H groups in total. The van der Waals surface area contributed by atoms with Gasteiger partial charge in [0.1, 0.15) is 5.82 Å². The highest BCUT2D eigenvalue weighted by Crippen LogP contribution is 2.21. The molecule has 0 saturated carbocycles. The lowest BCUT2D eigenvalue weighted by Crippen LogP contribution is -2.40. The van der Waals surface area contributed by atoms with Crippen LogP contribution < -0.4 is 0 Å². The third-order valence-electron chi connectivity index (χ3n) is 4.11. The SMILES string of the molecule is Cc1noc(COC(=O)C2CCN(C(=O)c3ccc(F)cc3)CC2)n1. The Morgan fingerprint density at radius 3 is 2.56 bits per heavy atom. The van der Waals surface area contributed by atoms with Gasteiger partial charge in [-0.1, -0.05) is 5.16 Å². The fraction of sp³-hybridized carbons (Fsp3) is 0.412. The molecular weight excluding hydrogens is 329 g/mol. The smallest absolute Gasteiger partial charge is 0.309 e. The number of carbonyl (C=O) groups excluding carboxylic acids is 2. The topological polar surface area (TPSA) is 85.5 Å². The van der Waals surface area contributed by atoms with Gasteiger partial charge in [0.25, 0.3) is 11.8 Å². The molecule has 0 aliphatic carbocycles. The number of amides is 1. The van der Waals surface area contributed by atoms with E-state index in [4.69, 9.17) is 9.26 Å². The molecule has 1 fully saturated rings. The Hall–Kier alpha value is -2.77. The van der Waals surface area contributed by atoms with Crippen LogP contribution in [0, 0.1) is 18.7 Å². The zero-order valence-electron chi connectivity index (χ0n) is 13.8. The van der Waals surface area contributed by atoms with E-state index in [1.54, 1.807) is 11.8 Å². The summed E-state index contributed by atoms with van der Waals surface area (Å²) in [6.45, 7) is 2.54. The molecule has 2 heterocycles. The van der Waals surface area contributed by atoms with E-state index >= 15 is 0 Å². The van der Waals surface area contributed by atoms with Gasteiger partial charge in [-0.15, -0.1) is 0 Å². The van der Waals surface area contributed by atoms with Crippen molar-refractivity contribution in [1.29, 1.82) is 0 Å². The van der Waals surface area contributed by atoms with E-state index in [1.165, 1.54) is 24.3 Å². The first-order chi connectivity index (χ1) is 12.0. The average molecular weight is 347 g/mol. The second-order valence-corrected chi connectivity index (χ2v) is 5.92. The van der Waals surface area contributed by atoms with Crippen molar-refractivity contribution in [2.24, 2.45) is 5.92 Å². The normalized spacial score (nSPS) is 15.2. The third-order valence-corrected chi connectivity index (χ3v) is 4.11. The zero-order chi connectivity index (χ0) is 17.8. The number of benzene rings is 1. The van der Waals surface area contributed by atoms with Crippen molar-refractivity contribution in [3.63, 3.8) is 0 Å². The van der Waals surface area contributed by atoms with E-state index in [0.717, 1.165) is 0 Å². The van der Waals surface area contributed by atoms with Crippen molar-refractivity contribution < 1.29 is 23.2 Å². The number of carbonyl (C=O) groups is 2. The van der Waals surface area contributed by atoms with Crippen molar-refractivity contribution in [3.8, 4) is 0 Å². The summed E-state index contributed by atoms with van der Waals surface area (Å²) in [6, 6.07) is 5.45. The van der Waals surface area contributed by atoms with Crippen LogP contribution in [-0.2, 0) is 16.1 Å². The second-order valence-electron chi connectivity index (χ2n) is 5.92. The summed E-state index contributed by atoms with van der Waals surface area (Å²) < 4.78 is 23.0. The molecule has 3 rings (SSSR count). The highest BCUT2D eigenvalue weighted by atomic mass is 19.1. The van der Waals surface area contributed by atoms with Crippen LogP contribution in [0.1, 0.15) is 34.9 Å². The first-order valence-corrected chi connectivity index (χ1v) is 8.03. The fourth-order valence-corrected chi connectivity index (χ4v) is 2.74. The predicted molar refractivity (Wildman–Crippen MR) is 83.9 cm³/mol. The maximum Gasteiger partial charge on any atom is 0.309 e. The van der Waals surface area contributed by atoms with Gasteiger partial charge in [0.2, 0.25) is 0 Å². The van der Waals surface area contributed by atoms with Gasteiger partial charge in [-0.3, -0.25) is 9.59 Å². The van der Waals surface area contributed by atoms with E-state index in [-0.39, 0.29) is 36.1 Å². The van der Waals surface area contributed by atoms with E-state index in [1.807, 2.05) is 0 Å². The Labute approximate surface area is 143 Å².